The number of amides is 1. The number of carbonyl (C=O) groups excluding carboxylic acids is 1. The number of aryl methyl sites for hydroxylation is 1. The molecule has 0 saturated heterocycles. The second-order valence-corrected chi connectivity index (χ2v) is 7.11. The third-order valence-corrected chi connectivity index (χ3v) is 5.17. The van der Waals surface area contributed by atoms with Gasteiger partial charge in [0.05, 0.1) is 11.7 Å². The summed E-state index contributed by atoms with van der Waals surface area (Å²) in [6.07, 6.45) is 3.02. The zero-order valence-electron chi connectivity index (χ0n) is 21.5. The van der Waals surface area contributed by atoms with Crippen LogP contribution in [0.2, 0.25) is 0 Å². The summed E-state index contributed by atoms with van der Waals surface area (Å²) in [5.41, 5.74) is 1.48. The van der Waals surface area contributed by atoms with Crippen LogP contribution in [-0.2, 0) is 4.79 Å². The van der Waals surface area contributed by atoms with E-state index in [1.165, 1.54) is 0 Å². The Kier molecular flexibility index (Phi) is 3.46. The van der Waals surface area contributed by atoms with Gasteiger partial charge in [0.1, 0.15) is 0 Å². The lowest BCUT2D eigenvalue weighted by Crippen LogP contribution is -2.35. The third kappa shape index (κ3) is 3.89. The van der Waals surface area contributed by atoms with Crippen LogP contribution >= 0.6 is 0 Å². The van der Waals surface area contributed by atoms with Gasteiger partial charge in [0.25, 0.3) is 0 Å². The molecule has 7 nitrogen and oxygen atoms in total. The topological polar surface area (TPSA) is 84.2 Å². The van der Waals surface area contributed by atoms with E-state index in [1.807, 2.05) is 18.2 Å². The zero-order chi connectivity index (χ0) is 24.7. The van der Waals surface area contributed by atoms with Crippen LogP contribution in [0.1, 0.15) is 39.8 Å². The first-order chi connectivity index (χ1) is 15.9. The number of oxazole rings is 1. The molecular weight excluding hydrogens is 354 g/mol. The van der Waals surface area contributed by atoms with Crippen molar-refractivity contribution in [1.29, 1.82) is 0 Å². The molecule has 1 aromatic carbocycles. The minimum absolute atomic E-state index is 0.247. The van der Waals surface area contributed by atoms with E-state index in [0.29, 0.717) is 53.6 Å². The molecule has 1 saturated carbocycles. The molecule has 1 amide bonds. The van der Waals surface area contributed by atoms with Crippen LogP contribution in [0.3, 0.4) is 0 Å². The molecule has 1 fully saturated rings. The average molecular weight is 386 g/mol. The Morgan fingerprint density at radius 1 is 1.21 bits per heavy atom. The number of aromatic nitrogens is 3. The lowest BCUT2D eigenvalue weighted by atomic mass is 9.85. The Morgan fingerprint density at radius 3 is 2.75 bits per heavy atom. The lowest BCUT2D eigenvalue weighted by Gasteiger charge is -2.31. The number of fused-ring (bicyclic) bond motifs is 1. The average Bonchev–Trinajstić information content (AvgIpc) is 3.18. The van der Waals surface area contributed by atoms with Gasteiger partial charge < -0.3 is 14.6 Å². The smallest absolute Gasteiger partial charge is 0.228 e. The largest absolute Gasteiger partial charge is 0.441 e. The van der Waals surface area contributed by atoms with Crippen molar-refractivity contribution < 1.29 is 17.4 Å². The van der Waals surface area contributed by atoms with Gasteiger partial charge in [-0.3, -0.25) is 4.79 Å². The van der Waals surface area contributed by atoms with Crippen LogP contribution in [0.25, 0.3) is 22.2 Å². The van der Waals surface area contributed by atoms with E-state index in [0.717, 1.165) is 10.9 Å². The SMILES string of the molecule is [2H]C([2H])([2H])N([C@H]1CC[C@H](C(=O)Nc2cc3cc(-c4cnc(C)o4)ccc3nn2)CC1)C([2H])([2H])[2H]. The first-order valence-corrected chi connectivity index (χ1v) is 9.22. The monoisotopic (exact) mass is 385 g/mol. The molecule has 2 aromatic heterocycles. The highest BCUT2D eigenvalue weighted by molar-refractivity contribution is 5.94. The molecule has 1 aliphatic rings. The van der Waals surface area contributed by atoms with Crippen molar-refractivity contribution in [2.45, 2.75) is 38.6 Å². The molecule has 0 spiro atoms. The summed E-state index contributed by atoms with van der Waals surface area (Å²) in [6.45, 7) is -3.69. The molecule has 2 heterocycles. The van der Waals surface area contributed by atoms with Gasteiger partial charge in [0, 0.05) is 38.1 Å². The molecule has 146 valence electrons. The predicted octanol–water partition coefficient (Wildman–Crippen LogP) is 3.65. The van der Waals surface area contributed by atoms with E-state index < -0.39 is 20.0 Å². The molecule has 3 aromatic rings. The van der Waals surface area contributed by atoms with E-state index in [4.69, 9.17) is 12.6 Å². The van der Waals surface area contributed by atoms with Crippen LogP contribution in [0.5, 0.6) is 0 Å². The normalized spacial score (nSPS) is 23.9. The molecule has 4 rings (SSSR count). The van der Waals surface area contributed by atoms with Crippen molar-refractivity contribution in [2.75, 3.05) is 19.3 Å². The Hall–Kier alpha value is -2.80. The molecular formula is C21H25N5O2. The second kappa shape index (κ2) is 7.67. The molecule has 0 radical (unpaired) electrons. The van der Waals surface area contributed by atoms with E-state index in [2.05, 4.69) is 20.5 Å². The van der Waals surface area contributed by atoms with Crippen molar-refractivity contribution in [3.8, 4) is 11.3 Å². The van der Waals surface area contributed by atoms with Gasteiger partial charge >= 0.3 is 0 Å². The summed E-state index contributed by atoms with van der Waals surface area (Å²) in [6, 6.07) is 6.63. The van der Waals surface area contributed by atoms with Gasteiger partial charge in [0.15, 0.2) is 17.5 Å². The molecule has 1 aliphatic carbocycles. The molecule has 7 heteroatoms. The van der Waals surface area contributed by atoms with Gasteiger partial charge in [-0.2, -0.15) is 0 Å². The summed E-state index contributed by atoms with van der Waals surface area (Å²) >= 11 is 0. The van der Waals surface area contributed by atoms with E-state index in [9.17, 15) is 4.79 Å². The molecule has 0 unspecified atom stereocenters. The highest BCUT2D eigenvalue weighted by atomic mass is 16.4. The van der Waals surface area contributed by atoms with Crippen LogP contribution < -0.4 is 5.32 Å². The standard InChI is InChI=1S/C21H25N5O2/c1-13-22-12-19(28-13)15-6-9-18-16(10-15)11-20(25-24-18)23-21(27)14-4-7-17(8-5-14)26(2)3/h6,9-12,14,17H,4-5,7-8H2,1-3H3,(H,23,25,27)/t14-,17-/i2D3,3D3. The molecule has 0 aliphatic heterocycles. The van der Waals surface area contributed by atoms with Gasteiger partial charge in [-0.05, 0) is 63.9 Å². The van der Waals surface area contributed by atoms with Gasteiger partial charge in [-0.1, -0.05) is 0 Å². The summed E-state index contributed by atoms with van der Waals surface area (Å²) in [5.74, 6) is 0.876. The van der Waals surface area contributed by atoms with Gasteiger partial charge in [0.2, 0.25) is 5.91 Å². The van der Waals surface area contributed by atoms with Crippen LogP contribution in [-0.4, -0.2) is 46.0 Å². The van der Waals surface area contributed by atoms with Gasteiger partial charge in [-0.25, -0.2) is 4.98 Å². The fourth-order valence-electron chi connectivity index (χ4n) is 3.58. The van der Waals surface area contributed by atoms with Crippen molar-refractivity contribution in [1.82, 2.24) is 20.1 Å². The van der Waals surface area contributed by atoms with Crippen LogP contribution in [0.4, 0.5) is 5.82 Å². The van der Waals surface area contributed by atoms with Crippen LogP contribution in [0, 0.1) is 12.8 Å². The van der Waals surface area contributed by atoms with E-state index in [1.54, 1.807) is 19.2 Å². The fraction of sp³-hybridized carbons (Fsp3) is 0.429. The van der Waals surface area contributed by atoms with Crippen molar-refractivity contribution >= 4 is 22.6 Å². The number of nitrogens with one attached hydrogen (secondary N) is 1. The lowest BCUT2D eigenvalue weighted by molar-refractivity contribution is -0.121. The minimum Gasteiger partial charge on any atom is -0.441 e. The fourth-order valence-corrected chi connectivity index (χ4v) is 3.58. The Balaban J connectivity index is 1.43. The maximum absolute atomic E-state index is 12.8. The number of benzene rings is 1. The predicted molar refractivity (Wildman–Crippen MR) is 108 cm³/mol. The van der Waals surface area contributed by atoms with Crippen molar-refractivity contribution in [3.63, 3.8) is 0 Å². The Bertz CT molecular complexity index is 1170. The van der Waals surface area contributed by atoms with Crippen molar-refractivity contribution in [3.05, 3.63) is 36.4 Å². The summed E-state index contributed by atoms with van der Waals surface area (Å²) in [7, 11) is 0. The minimum atomic E-state index is -2.73. The highest BCUT2D eigenvalue weighted by Crippen LogP contribution is 2.28. The van der Waals surface area contributed by atoms with E-state index >= 15 is 0 Å². The maximum atomic E-state index is 12.8. The summed E-state index contributed by atoms with van der Waals surface area (Å²) < 4.78 is 51.2. The molecule has 0 bridgehead atoms. The molecule has 28 heavy (non-hydrogen) atoms. The highest BCUT2D eigenvalue weighted by Gasteiger charge is 2.27. The first kappa shape index (κ1) is 12.6. The van der Waals surface area contributed by atoms with Gasteiger partial charge in [-0.15, -0.1) is 10.2 Å². The number of anilines is 1. The summed E-state index contributed by atoms with van der Waals surface area (Å²) in [4.78, 5) is 17.6. The second-order valence-electron chi connectivity index (χ2n) is 7.11. The quantitative estimate of drug-likeness (QED) is 0.738. The van der Waals surface area contributed by atoms with E-state index in [-0.39, 0.29) is 11.8 Å². The van der Waals surface area contributed by atoms with Crippen LogP contribution in [0.15, 0.2) is 34.9 Å². The Labute approximate surface area is 172 Å². The van der Waals surface area contributed by atoms with Crippen molar-refractivity contribution in [2.24, 2.45) is 5.92 Å². The molecule has 1 N–H and O–H groups in total. The number of rotatable bonds is 4. The Morgan fingerprint density at radius 2 is 2.04 bits per heavy atom. The third-order valence-electron chi connectivity index (χ3n) is 5.17. The number of hydrogen-bond acceptors (Lipinski definition) is 6. The first-order valence-electron chi connectivity index (χ1n) is 12.2. The summed E-state index contributed by atoms with van der Waals surface area (Å²) in [5, 5.41) is 11.8. The number of nitrogens with zero attached hydrogens (tertiary/aromatic N) is 4. The number of hydrogen-bond donors (Lipinski definition) is 1. The number of carbonyl (C=O) groups is 1. The molecule has 0 atom stereocenters. The maximum Gasteiger partial charge on any atom is 0.228 e. The zero-order valence-corrected chi connectivity index (χ0v) is 15.5.